The minimum Gasteiger partial charge on any atom is -0.497 e. The second kappa shape index (κ2) is 10.8. The van der Waals surface area contributed by atoms with E-state index in [1.165, 1.54) is 11.1 Å². The van der Waals surface area contributed by atoms with Gasteiger partial charge in [-0.25, -0.2) is 0 Å². The molecule has 3 aromatic carbocycles. The van der Waals surface area contributed by atoms with Crippen molar-refractivity contribution in [3.8, 4) is 22.8 Å². The summed E-state index contributed by atoms with van der Waals surface area (Å²) in [6.45, 7) is 3.40. The molecule has 1 aromatic heterocycles. The number of aromatic nitrogens is 2. The first kappa shape index (κ1) is 23.1. The van der Waals surface area contributed by atoms with Crippen LogP contribution in [0.2, 0.25) is 0 Å². The molecule has 0 fully saturated rings. The molecule has 0 aliphatic carbocycles. The van der Waals surface area contributed by atoms with Crippen molar-refractivity contribution in [2.24, 2.45) is 0 Å². The standard InChI is InChI=1S/C29H31N3O3/c1-34-27-10-6-22(7-11-27)18-32-29(14-16-30-32)24-8-12-28(13-9-24)35-21-26(33)20-31-17-15-23-4-2-3-5-25(23)19-31/h2-14,16,26,33H,15,17-21H2,1H3/t26-/m1/s1. The Kier molecular flexibility index (Phi) is 7.12. The second-order valence-corrected chi connectivity index (χ2v) is 8.97. The highest BCUT2D eigenvalue weighted by Gasteiger charge is 2.18. The lowest BCUT2D eigenvalue weighted by atomic mass is 10.00. The zero-order valence-electron chi connectivity index (χ0n) is 20.0. The van der Waals surface area contributed by atoms with Gasteiger partial charge in [-0.05, 0) is 65.6 Å². The fourth-order valence-corrected chi connectivity index (χ4v) is 4.58. The second-order valence-electron chi connectivity index (χ2n) is 8.97. The number of ether oxygens (including phenoxy) is 2. The van der Waals surface area contributed by atoms with E-state index in [2.05, 4.69) is 46.4 Å². The Balaban J connectivity index is 1.15. The molecule has 6 heteroatoms. The van der Waals surface area contributed by atoms with E-state index in [9.17, 15) is 5.11 Å². The Morgan fingerprint density at radius 1 is 0.914 bits per heavy atom. The van der Waals surface area contributed by atoms with Crippen LogP contribution < -0.4 is 9.47 Å². The fourth-order valence-electron chi connectivity index (χ4n) is 4.58. The van der Waals surface area contributed by atoms with Gasteiger partial charge in [0.2, 0.25) is 0 Å². The highest BCUT2D eigenvalue weighted by molar-refractivity contribution is 5.60. The van der Waals surface area contributed by atoms with Crippen LogP contribution in [0.4, 0.5) is 0 Å². The third kappa shape index (κ3) is 5.73. The van der Waals surface area contributed by atoms with Crippen molar-refractivity contribution >= 4 is 0 Å². The number of hydrogen-bond donors (Lipinski definition) is 1. The van der Waals surface area contributed by atoms with Crippen LogP contribution in [0.3, 0.4) is 0 Å². The van der Waals surface area contributed by atoms with Crippen LogP contribution >= 0.6 is 0 Å². The van der Waals surface area contributed by atoms with E-state index in [1.807, 2.05) is 53.3 Å². The van der Waals surface area contributed by atoms with Crippen LogP contribution in [0.15, 0.2) is 85.1 Å². The average molecular weight is 470 g/mol. The number of hydrogen-bond acceptors (Lipinski definition) is 5. The normalized spacial score (nSPS) is 14.3. The number of fused-ring (bicyclic) bond motifs is 1. The maximum absolute atomic E-state index is 10.5. The van der Waals surface area contributed by atoms with Crippen LogP contribution in [-0.4, -0.2) is 52.7 Å². The van der Waals surface area contributed by atoms with Crippen molar-refractivity contribution in [1.82, 2.24) is 14.7 Å². The molecule has 2 heterocycles. The first-order valence-electron chi connectivity index (χ1n) is 12.0. The average Bonchev–Trinajstić information content (AvgIpc) is 3.36. The van der Waals surface area contributed by atoms with Gasteiger partial charge in [-0.3, -0.25) is 9.58 Å². The van der Waals surface area contributed by atoms with Crippen molar-refractivity contribution < 1.29 is 14.6 Å². The molecule has 1 atom stereocenters. The third-order valence-electron chi connectivity index (χ3n) is 6.48. The van der Waals surface area contributed by atoms with Gasteiger partial charge in [-0.15, -0.1) is 0 Å². The van der Waals surface area contributed by atoms with Crippen LogP contribution in [0, 0.1) is 0 Å². The molecule has 0 unspecified atom stereocenters. The van der Waals surface area contributed by atoms with Gasteiger partial charge in [0.05, 0.1) is 19.3 Å². The lowest BCUT2D eigenvalue weighted by molar-refractivity contribution is 0.0638. The zero-order chi connectivity index (χ0) is 24.0. The first-order valence-corrected chi connectivity index (χ1v) is 12.0. The molecule has 180 valence electrons. The molecule has 0 bridgehead atoms. The molecule has 35 heavy (non-hydrogen) atoms. The summed E-state index contributed by atoms with van der Waals surface area (Å²) in [5.41, 5.74) is 6.03. The summed E-state index contributed by atoms with van der Waals surface area (Å²) in [4.78, 5) is 2.30. The van der Waals surface area contributed by atoms with E-state index in [0.29, 0.717) is 13.1 Å². The van der Waals surface area contributed by atoms with Crippen LogP contribution in [0.1, 0.15) is 16.7 Å². The highest BCUT2D eigenvalue weighted by Crippen LogP contribution is 2.24. The summed E-state index contributed by atoms with van der Waals surface area (Å²) < 4.78 is 13.1. The summed E-state index contributed by atoms with van der Waals surface area (Å²) in [5, 5.41) is 15.0. The van der Waals surface area contributed by atoms with Crippen LogP contribution in [0.5, 0.6) is 11.5 Å². The fraction of sp³-hybridized carbons (Fsp3) is 0.276. The predicted octanol–water partition coefficient (Wildman–Crippen LogP) is 4.41. The number of nitrogens with zero attached hydrogens (tertiary/aromatic N) is 3. The summed E-state index contributed by atoms with van der Waals surface area (Å²) in [7, 11) is 1.67. The largest absolute Gasteiger partial charge is 0.497 e. The third-order valence-corrected chi connectivity index (χ3v) is 6.48. The first-order chi connectivity index (χ1) is 17.2. The lowest BCUT2D eigenvalue weighted by Crippen LogP contribution is -2.38. The summed E-state index contributed by atoms with van der Waals surface area (Å²) in [6, 6.07) is 26.5. The van der Waals surface area contributed by atoms with E-state index >= 15 is 0 Å². The Labute approximate surface area is 206 Å². The van der Waals surface area contributed by atoms with Crippen LogP contribution in [0.25, 0.3) is 11.3 Å². The number of rotatable bonds is 9. The van der Waals surface area contributed by atoms with Gasteiger partial charge < -0.3 is 14.6 Å². The quantitative estimate of drug-likeness (QED) is 0.394. The van der Waals surface area contributed by atoms with Crippen molar-refractivity contribution in [2.45, 2.75) is 25.6 Å². The molecule has 0 saturated heterocycles. The van der Waals surface area contributed by atoms with E-state index in [0.717, 1.165) is 47.8 Å². The highest BCUT2D eigenvalue weighted by atomic mass is 16.5. The molecule has 1 aliphatic heterocycles. The molecular weight excluding hydrogens is 438 g/mol. The molecule has 0 saturated carbocycles. The SMILES string of the molecule is COc1ccc(Cn2nccc2-c2ccc(OC[C@H](O)CN3CCc4ccccc4C3)cc2)cc1. The molecule has 0 spiro atoms. The van der Waals surface area contributed by atoms with Gasteiger partial charge in [-0.2, -0.15) is 5.10 Å². The van der Waals surface area contributed by atoms with Crippen molar-refractivity contribution in [3.63, 3.8) is 0 Å². The number of aliphatic hydroxyl groups excluding tert-OH is 1. The lowest BCUT2D eigenvalue weighted by Gasteiger charge is -2.30. The Hall–Kier alpha value is -3.61. The predicted molar refractivity (Wildman–Crippen MR) is 137 cm³/mol. The molecular formula is C29H31N3O3. The van der Waals surface area contributed by atoms with Gasteiger partial charge >= 0.3 is 0 Å². The van der Waals surface area contributed by atoms with Crippen LogP contribution in [-0.2, 0) is 19.5 Å². The topological polar surface area (TPSA) is 59.8 Å². The molecule has 0 radical (unpaired) electrons. The van der Waals surface area contributed by atoms with E-state index < -0.39 is 6.10 Å². The zero-order valence-corrected chi connectivity index (χ0v) is 20.0. The van der Waals surface area contributed by atoms with Crippen molar-refractivity contribution in [2.75, 3.05) is 26.8 Å². The minimum atomic E-state index is -0.536. The van der Waals surface area contributed by atoms with E-state index in [1.54, 1.807) is 7.11 Å². The molecule has 6 nitrogen and oxygen atoms in total. The molecule has 5 rings (SSSR count). The van der Waals surface area contributed by atoms with Gasteiger partial charge in [0, 0.05) is 31.4 Å². The number of benzene rings is 3. The Morgan fingerprint density at radius 3 is 2.43 bits per heavy atom. The van der Waals surface area contributed by atoms with Crippen molar-refractivity contribution in [1.29, 1.82) is 0 Å². The summed E-state index contributed by atoms with van der Waals surface area (Å²) >= 11 is 0. The summed E-state index contributed by atoms with van der Waals surface area (Å²) in [5.74, 6) is 1.59. The summed E-state index contributed by atoms with van der Waals surface area (Å²) in [6.07, 6.45) is 2.31. The maximum atomic E-state index is 10.5. The Morgan fingerprint density at radius 2 is 1.66 bits per heavy atom. The minimum absolute atomic E-state index is 0.271. The molecule has 0 amide bonds. The monoisotopic (exact) mass is 469 g/mol. The maximum Gasteiger partial charge on any atom is 0.119 e. The molecule has 1 N–H and O–H groups in total. The van der Waals surface area contributed by atoms with Gasteiger partial charge in [0.15, 0.2) is 0 Å². The number of β-amino-alcohol motifs (C(OH)–C–C–N with tert-alkyl or cyclic N) is 1. The molecule has 1 aliphatic rings. The van der Waals surface area contributed by atoms with Crippen molar-refractivity contribution in [3.05, 3.63) is 102 Å². The van der Waals surface area contributed by atoms with E-state index in [-0.39, 0.29) is 6.61 Å². The molecule has 4 aromatic rings. The Bertz CT molecular complexity index is 1230. The smallest absolute Gasteiger partial charge is 0.119 e. The number of aliphatic hydroxyl groups is 1. The number of methoxy groups -OCH3 is 1. The van der Waals surface area contributed by atoms with E-state index in [4.69, 9.17) is 9.47 Å². The van der Waals surface area contributed by atoms with Gasteiger partial charge in [-0.1, -0.05) is 36.4 Å². The van der Waals surface area contributed by atoms with Gasteiger partial charge in [0.25, 0.3) is 0 Å². The van der Waals surface area contributed by atoms with Gasteiger partial charge in [0.1, 0.15) is 24.2 Å².